The number of halogens is 2. The van der Waals surface area contributed by atoms with Crippen molar-refractivity contribution in [3.8, 4) is 11.4 Å². The van der Waals surface area contributed by atoms with Gasteiger partial charge in [-0.05, 0) is 30.5 Å². The van der Waals surface area contributed by atoms with E-state index in [0.29, 0.717) is 16.4 Å². The standard InChI is InChI=1S/C16H19ClFN3/c1-4-7-19-15-9-14(10(2)3)20-16(21-15)12-6-5-11(18)8-13(12)17/h5-6,8-10H,4,7H2,1-3H3,(H,19,20,21). The molecule has 0 bridgehead atoms. The quantitative estimate of drug-likeness (QED) is 0.855. The molecule has 3 nitrogen and oxygen atoms in total. The summed E-state index contributed by atoms with van der Waals surface area (Å²) in [6.45, 7) is 7.07. The zero-order valence-electron chi connectivity index (χ0n) is 12.5. The largest absolute Gasteiger partial charge is 0.370 e. The van der Waals surface area contributed by atoms with Gasteiger partial charge in [0.2, 0.25) is 0 Å². The number of hydrogen-bond acceptors (Lipinski definition) is 3. The van der Waals surface area contributed by atoms with Gasteiger partial charge >= 0.3 is 0 Å². The molecule has 0 fully saturated rings. The lowest BCUT2D eigenvalue weighted by Gasteiger charge is -2.12. The number of nitrogens with zero attached hydrogens (tertiary/aromatic N) is 2. The smallest absolute Gasteiger partial charge is 0.163 e. The van der Waals surface area contributed by atoms with Crippen molar-refractivity contribution in [1.29, 1.82) is 0 Å². The molecule has 21 heavy (non-hydrogen) atoms. The second-order valence-corrected chi connectivity index (χ2v) is 5.61. The molecule has 1 N–H and O–H groups in total. The summed E-state index contributed by atoms with van der Waals surface area (Å²) in [5.74, 6) is 1.19. The topological polar surface area (TPSA) is 37.8 Å². The van der Waals surface area contributed by atoms with Crippen LogP contribution in [0.4, 0.5) is 10.2 Å². The van der Waals surface area contributed by atoms with Crippen LogP contribution in [0, 0.1) is 5.82 Å². The molecule has 0 amide bonds. The summed E-state index contributed by atoms with van der Waals surface area (Å²) in [5, 5.41) is 3.58. The van der Waals surface area contributed by atoms with Gasteiger partial charge in [0.05, 0.1) is 5.02 Å². The van der Waals surface area contributed by atoms with Crippen molar-refractivity contribution in [1.82, 2.24) is 9.97 Å². The highest BCUT2D eigenvalue weighted by Gasteiger charge is 2.12. The molecule has 1 heterocycles. The maximum Gasteiger partial charge on any atom is 0.163 e. The van der Waals surface area contributed by atoms with E-state index < -0.39 is 0 Å². The van der Waals surface area contributed by atoms with Gasteiger partial charge in [-0.2, -0.15) is 0 Å². The average Bonchev–Trinajstić information content (AvgIpc) is 2.44. The minimum atomic E-state index is -0.368. The third-order valence-corrected chi connectivity index (χ3v) is 3.38. The minimum absolute atomic E-state index is 0.271. The summed E-state index contributed by atoms with van der Waals surface area (Å²) in [6.07, 6.45) is 1.01. The van der Waals surface area contributed by atoms with Crippen molar-refractivity contribution in [3.05, 3.63) is 40.8 Å². The first kappa shape index (κ1) is 15.7. The molecule has 1 aromatic heterocycles. The molecule has 2 rings (SSSR count). The molecule has 0 aliphatic heterocycles. The van der Waals surface area contributed by atoms with E-state index >= 15 is 0 Å². The van der Waals surface area contributed by atoms with E-state index in [9.17, 15) is 4.39 Å². The first-order chi connectivity index (χ1) is 10.0. The van der Waals surface area contributed by atoms with E-state index in [2.05, 4.69) is 36.1 Å². The van der Waals surface area contributed by atoms with E-state index in [1.165, 1.54) is 12.1 Å². The van der Waals surface area contributed by atoms with Gasteiger partial charge < -0.3 is 5.32 Å². The Balaban J connectivity index is 2.48. The zero-order valence-corrected chi connectivity index (χ0v) is 13.2. The zero-order chi connectivity index (χ0) is 15.4. The highest BCUT2D eigenvalue weighted by molar-refractivity contribution is 6.33. The highest BCUT2D eigenvalue weighted by atomic mass is 35.5. The summed E-state index contributed by atoms with van der Waals surface area (Å²) < 4.78 is 13.2. The molecule has 0 radical (unpaired) electrons. The number of rotatable bonds is 5. The molecule has 0 aliphatic carbocycles. The van der Waals surface area contributed by atoms with Gasteiger partial charge in [0.1, 0.15) is 11.6 Å². The summed E-state index contributed by atoms with van der Waals surface area (Å²) in [4.78, 5) is 9.03. The molecular formula is C16H19ClFN3. The highest BCUT2D eigenvalue weighted by Crippen LogP contribution is 2.28. The average molecular weight is 308 g/mol. The molecule has 0 saturated carbocycles. The summed E-state index contributed by atoms with van der Waals surface area (Å²) in [6, 6.07) is 6.20. The lowest BCUT2D eigenvalue weighted by Crippen LogP contribution is -2.06. The fourth-order valence-corrected chi connectivity index (χ4v) is 2.15. The first-order valence-electron chi connectivity index (χ1n) is 7.09. The predicted molar refractivity (Wildman–Crippen MR) is 85.3 cm³/mol. The van der Waals surface area contributed by atoms with Gasteiger partial charge in [-0.3, -0.25) is 0 Å². The van der Waals surface area contributed by atoms with Crippen molar-refractivity contribution < 1.29 is 4.39 Å². The Morgan fingerprint density at radius 3 is 2.62 bits per heavy atom. The first-order valence-corrected chi connectivity index (χ1v) is 7.47. The predicted octanol–water partition coefficient (Wildman–Crippen LogP) is 4.88. The maximum absolute atomic E-state index is 13.2. The van der Waals surface area contributed by atoms with Crippen LogP contribution in [0.25, 0.3) is 11.4 Å². The van der Waals surface area contributed by atoms with E-state index in [1.54, 1.807) is 6.07 Å². The SMILES string of the molecule is CCCNc1cc(C(C)C)nc(-c2ccc(F)cc2Cl)n1. The fraction of sp³-hybridized carbons (Fsp3) is 0.375. The lowest BCUT2D eigenvalue weighted by molar-refractivity contribution is 0.628. The van der Waals surface area contributed by atoms with Gasteiger partial charge in [-0.1, -0.05) is 32.4 Å². The maximum atomic E-state index is 13.2. The van der Waals surface area contributed by atoms with Crippen LogP contribution in [-0.2, 0) is 0 Å². The van der Waals surface area contributed by atoms with Gasteiger partial charge in [-0.25, -0.2) is 14.4 Å². The second-order valence-electron chi connectivity index (χ2n) is 5.21. The van der Waals surface area contributed by atoms with Gasteiger partial charge in [0.25, 0.3) is 0 Å². The van der Waals surface area contributed by atoms with Crippen LogP contribution in [0.2, 0.25) is 5.02 Å². The summed E-state index contributed by atoms with van der Waals surface area (Å²) in [7, 11) is 0. The van der Waals surface area contributed by atoms with E-state index in [1.807, 2.05) is 6.07 Å². The van der Waals surface area contributed by atoms with Crippen LogP contribution in [0.1, 0.15) is 38.8 Å². The second kappa shape index (κ2) is 6.85. The molecule has 0 atom stereocenters. The third kappa shape index (κ3) is 3.91. The number of anilines is 1. The third-order valence-electron chi connectivity index (χ3n) is 3.07. The van der Waals surface area contributed by atoms with Crippen LogP contribution in [0.5, 0.6) is 0 Å². The molecule has 1 aromatic carbocycles. The van der Waals surface area contributed by atoms with E-state index in [0.717, 1.165) is 24.5 Å². The minimum Gasteiger partial charge on any atom is -0.370 e. The van der Waals surface area contributed by atoms with Gasteiger partial charge in [-0.15, -0.1) is 0 Å². The molecule has 5 heteroatoms. The molecule has 112 valence electrons. The Bertz CT molecular complexity index is 629. The number of hydrogen-bond donors (Lipinski definition) is 1. The molecule has 0 unspecified atom stereocenters. The monoisotopic (exact) mass is 307 g/mol. The Hall–Kier alpha value is -1.68. The molecule has 0 aliphatic rings. The van der Waals surface area contributed by atoms with Crippen molar-refractivity contribution in [2.45, 2.75) is 33.1 Å². The van der Waals surface area contributed by atoms with E-state index in [-0.39, 0.29) is 11.7 Å². The van der Waals surface area contributed by atoms with Crippen LogP contribution >= 0.6 is 11.6 Å². The van der Waals surface area contributed by atoms with Crippen LogP contribution in [0.3, 0.4) is 0 Å². The van der Waals surface area contributed by atoms with Crippen molar-refractivity contribution in [2.75, 3.05) is 11.9 Å². The van der Waals surface area contributed by atoms with Gasteiger partial charge in [0, 0.05) is 23.9 Å². The Labute approximate surface area is 129 Å². The Kier molecular flexibility index (Phi) is 5.12. The molecular weight excluding hydrogens is 289 g/mol. The molecule has 0 spiro atoms. The molecule has 0 saturated heterocycles. The van der Waals surface area contributed by atoms with E-state index in [4.69, 9.17) is 11.6 Å². The molecule has 2 aromatic rings. The van der Waals surface area contributed by atoms with Crippen LogP contribution < -0.4 is 5.32 Å². The Morgan fingerprint density at radius 2 is 2.00 bits per heavy atom. The normalized spacial score (nSPS) is 11.0. The van der Waals surface area contributed by atoms with Crippen molar-refractivity contribution in [3.63, 3.8) is 0 Å². The van der Waals surface area contributed by atoms with Crippen LogP contribution in [0.15, 0.2) is 24.3 Å². The lowest BCUT2D eigenvalue weighted by atomic mass is 10.1. The number of nitrogens with one attached hydrogen (secondary N) is 1. The van der Waals surface area contributed by atoms with Gasteiger partial charge in [0.15, 0.2) is 5.82 Å². The van der Waals surface area contributed by atoms with Crippen molar-refractivity contribution in [2.24, 2.45) is 0 Å². The summed E-state index contributed by atoms with van der Waals surface area (Å²) >= 11 is 6.11. The fourth-order valence-electron chi connectivity index (χ4n) is 1.90. The summed E-state index contributed by atoms with van der Waals surface area (Å²) in [5.41, 5.74) is 1.57. The number of aromatic nitrogens is 2. The van der Waals surface area contributed by atoms with Crippen LogP contribution in [-0.4, -0.2) is 16.5 Å². The van der Waals surface area contributed by atoms with Crippen molar-refractivity contribution >= 4 is 17.4 Å². The number of benzene rings is 1. The Morgan fingerprint density at radius 1 is 1.24 bits per heavy atom.